The van der Waals surface area contributed by atoms with Gasteiger partial charge in [-0.15, -0.1) is 47.0 Å². The molecule has 0 rings (SSSR count). The summed E-state index contributed by atoms with van der Waals surface area (Å²) < 4.78 is 0. The van der Waals surface area contributed by atoms with Crippen LogP contribution in [0.5, 0.6) is 0 Å². The molecular weight excluding hydrogens is 557 g/mol. The Morgan fingerprint density at radius 2 is 1.40 bits per heavy atom. The Bertz CT molecular complexity index is 357. The molecule has 0 saturated heterocycles. The molecule has 0 bridgehead atoms. The van der Waals surface area contributed by atoms with Gasteiger partial charge in [0.1, 0.15) is 5.94 Å². The number of carbonyl (C=O) groups excluding carboxylic acids is 1. The summed E-state index contributed by atoms with van der Waals surface area (Å²) in [6.45, 7) is 2.81. The number of carbonyl (C=O) groups is 1. The first kappa shape index (κ1) is 32.7. The molecule has 0 aromatic heterocycles. The Hall–Kier alpha value is 2.70. The topological polar surface area (TPSA) is 55.8 Å². The molecule has 0 unspecified atom stereocenters. The highest BCUT2D eigenvalue weighted by atomic mass is 32.2. The third-order valence-electron chi connectivity index (χ3n) is 2.80. The highest BCUT2D eigenvalue weighted by Crippen LogP contribution is 2.21. The van der Waals surface area contributed by atoms with E-state index in [0.717, 1.165) is 49.8 Å². The van der Waals surface area contributed by atoms with Crippen molar-refractivity contribution in [2.45, 2.75) is 19.8 Å². The zero-order chi connectivity index (χ0) is 22.0. The lowest BCUT2D eigenvalue weighted by molar-refractivity contribution is -0.278. The number of aliphatic hydroxyl groups is 1. The predicted octanol–water partition coefficient (Wildman–Crippen LogP) is 6.55. The van der Waals surface area contributed by atoms with E-state index in [9.17, 15) is 4.79 Å². The molecule has 0 heterocycles. The fraction of sp³-hybridized carbons (Fsp3) is 0.941. The molecule has 0 aromatic rings. The van der Waals surface area contributed by atoms with Gasteiger partial charge in [0.15, 0.2) is 5.12 Å². The Balaban J connectivity index is 3.12. The first-order chi connectivity index (χ1) is 14.8. The summed E-state index contributed by atoms with van der Waals surface area (Å²) in [6.07, 6.45) is 1.67. The maximum atomic E-state index is 11.9. The van der Waals surface area contributed by atoms with Crippen LogP contribution in [0.2, 0.25) is 0 Å². The first-order valence-corrected chi connectivity index (χ1v) is 19.7. The van der Waals surface area contributed by atoms with Crippen LogP contribution in [0, 0.1) is 0 Å². The Labute approximate surface area is 221 Å². The van der Waals surface area contributed by atoms with Crippen molar-refractivity contribution in [1.82, 2.24) is 0 Å². The van der Waals surface area contributed by atoms with Gasteiger partial charge in [-0.3, -0.25) is 4.79 Å². The third kappa shape index (κ3) is 28.7. The van der Waals surface area contributed by atoms with E-state index in [0.29, 0.717) is 24.1 Å². The molecule has 4 nitrogen and oxygen atoms in total. The number of hydrogen-bond donors (Lipinski definition) is 1. The molecule has 0 radical (unpaired) electrons. The average Bonchev–Trinajstić information content (AvgIpc) is 2.75. The van der Waals surface area contributed by atoms with Gasteiger partial charge in [0.25, 0.3) is 0 Å². The molecule has 0 aliphatic rings. The second kappa shape index (κ2) is 29.7. The lowest BCUT2D eigenvalue weighted by Gasteiger charge is -2.04. The molecule has 13 heteroatoms. The van der Waals surface area contributed by atoms with E-state index >= 15 is 0 Å². The summed E-state index contributed by atoms with van der Waals surface area (Å²) in [5.41, 5.74) is 0. The maximum absolute atomic E-state index is 11.9. The van der Waals surface area contributed by atoms with Crippen molar-refractivity contribution < 1.29 is 19.7 Å². The molecule has 0 aromatic carbocycles. The minimum Gasteiger partial charge on any atom is -0.386 e. The number of rotatable bonds is 25. The van der Waals surface area contributed by atoms with Crippen LogP contribution in [0.15, 0.2) is 0 Å². The van der Waals surface area contributed by atoms with E-state index in [2.05, 4.69) is 6.92 Å². The molecule has 30 heavy (non-hydrogen) atoms. The summed E-state index contributed by atoms with van der Waals surface area (Å²) in [5, 5.41) is 14.2. The lowest BCUT2D eigenvalue weighted by Crippen LogP contribution is -1.98. The van der Waals surface area contributed by atoms with Gasteiger partial charge in [-0.1, -0.05) is 18.7 Å². The number of aliphatic hydroxyl groups excluding tert-OH is 1. The molecule has 0 amide bonds. The molecule has 180 valence electrons. The molecule has 0 aliphatic heterocycles. The van der Waals surface area contributed by atoms with Gasteiger partial charge >= 0.3 is 0 Å². The minimum atomic E-state index is 0.149. The minimum absolute atomic E-state index is 0.149. The van der Waals surface area contributed by atoms with E-state index < -0.39 is 0 Å². The molecule has 0 fully saturated rings. The van der Waals surface area contributed by atoms with E-state index in [1.165, 1.54) is 34.4 Å². The fourth-order valence-electron chi connectivity index (χ4n) is 1.48. The Morgan fingerprint density at radius 3 is 2.13 bits per heavy atom. The van der Waals surface area contributed by atoms with Gasteiger partial charge in [-0.2, -0.15) is 47.0 Å². The quantitative estimate of drug-likeness (QED) is 0.0541. The highest BCUT2D eigenvalue weighted by Gasteiger charge is 2.03. The van der Waals surface area contributed by atoms with Crippen molar-refractivity contribution in [3.63, 3.8) is 0 Å². The molecule has 0 spiro atoms. The van der Waals surface area contributed by atoms with E-state index in [1.807, 2.05) is 70.6 Å². The van der Waals surface area contributed by atoms with Crippen LogP contribution in [-0.2, 0) is 14.6 Å². The number of thioether (sulfide) groups is 9. The van der Waals surface area contributed by atoms with Crippen LogP contribution in [0.1, 0.15) is 19.8 Å². The third-order valence-corrected chi connectivity index (χ3v) is 13.1. The van der Waals surface area contributed by atoms with Gasteiger partial charge in [-0.25, -0.2) is 9.78 Å². The lowest BCUT2D eigenvalue weighted by atomic mass is 10.5. The van der Waals surface area contributed by atoms with Gasteiger partial charge in [-0.05, 0) is 17.9 Å². The number of hydrogen-bond acceptors (Lipinski definition) is 13. The van der Waals surface area contributed by atoms with Crippen molar-refractivity contribution >= 4 is 111 Å². The van der Waals surface area contributed by atoms with Crippen LogP contribution in [0.25, 0.3) is 0 Å². The van der Waals surface area contributed by atoms with Crippen molar-refractivity contribution in [3.05, 3.63) is 0 Å². The summed E-state index contributed by atoms with van der Waals surface area (Å²) in [5.74, 6) is 5.85. The van der Waals surface area contributed by atoms with Gasteiger partial charge in [0, 0.05) is 49.1 Å². The highest BCUT2D eigenvalue weighted by molar-refractivity contribution is 8.23. The van der Waals surface area contributed by atoms with Crippen molar-refractivity contribution in [2.24, 2.45) is 0 Å². The second-order valence-electron chi connectivity index (χ2n) is 5.13. The van der Waals surface area contributed by atoms with E-state index in [1.54, 1.807) is 11.8 Å². The van der Waals surface area contributed by atoms with Crippen LogP contribution >= 0.6 is 106 Å². The Kier molecular flexibility index (Phi) is 32.4. The van der Waals surface area contributed by atoms with Crippen LogP contribution in [0.4, 0.5) is 0 Å². The summed E-state index contributed by atoms with van der Waals surface area (Å²) in [7, 11) is 0. The maximum Gasteiger partial charge on any atom is 0.189 e. The summed E-state index contributed by atoms with van der Waals surface area (Å²) in [4.78, 5) is 22.0. The van der Waals surface area contributed by atoms with Crippen molar-refractivity contribution in [1.29, 1.82) is 0 Å². The molecule has 0 saturated carbocycles. The summed E-state index contributed by atoms with van der Waals surface area (Å²) >= 11 is 16.1. The fourth-order valence-corrected chi connectivity index (χ4v) is 10.5. The van der Waals surface area contributed by atoms with Crippen molar-refractivity contribution in [3.8, 4) is 0 Å². The van der Waals surface area contributed by atoms with Crippen LogP contribution in [0.3, 0.4) is 0 Å². The smallest absolute Gasteiger partial charge is 0.189 e. The predicted molar refractivity (Wildman–Crippen MR) is 156 cm³/mol. The summed E-state index contributed by atoms with van der Waals surface area (Å²) in [6, 6.07) is 0. The van der Waals surface area contributed by atoms with Crippen LogP contribution < -0.4 is 0 Å². The first-order valence-electron chi connectivity index (χ1n) is 9.44. The largest absolute Gasteiger partial charge is 0.386 e. The normalized spacial score (nSPS) is 11.3. The molecular formula is C17H34O4S9. The van der Waals surface area contributed by atoms with Gasteiger partial charge in [0.2, 0.25) is 0 Å². The average molecular weight is 591 g/mol. The molecule has 0 atom stereocenters. The zero-order valence-electron chi connectivity index (χ0n) is 17.5. The Morgan fingerprint density at radius 1 is 0.733 bits per heavy atom. The van der Waals surface area contributed by atoms with Gasteiger partial charge < -0.3 is 5.11 Å². The van der Waals surface area contributed by atoms with Gasteiger partial charge in [0.05, 0.1) is 12.5 Å². The monoisotopic (exact) mass is 590 g/mol. The van der Waals surface area contributed by atoms with E-state index in [4.69, 9.17) is 14.9 Å². The van der Waals surface area contributed by atoms with Crippen LogP contribution in [-0.4, -0.2) is 82.9 Å². The van der Waals surface area contributed by atoms with Crippen molar-refractivity contribution in [2.75, 3.05) is 72.7 Å². The zero-order valence-corrected chi connectivity index (χ0v) is 24.8. The van der Waals surface area contributed by atoms with E-state index in [-0.39, 0.29) is 5.94 Å². The molecule has 1 N–H and O–H groups in total. The SMILES string of the molecule is CCSCSCSCCSC(=O)CCSCSCSCCCOOCSCSCO. The molecule has 0 aliphatic carbocycles. The standard InChI is InChI=1S/C17H34O4S9/c1-2-22-12-28-15-25-8-9-30-17(19)4-7-24-14-29-13-23-6-3-5-20-21-11-27-16-26-10-18/h18H,2-16H2,1H3. The second-order valence-corrected chi connectivity index (χ2v) is 16.6.